The van der Waals surface area contributed by atoms with Gasteiger partial charge in [-0.3, -0.25) is 4.79 Å². The molecule has 1 aromatic rings. The highest BCUT2D eigenvalue weighted by Gasteiger charge is 2.33. The Morgan fingerprint density at radius 2 is 1.96 bits per heavy atom. The van der Waals surface area contributed by atoms with E-state index in [1.54, 1.807) is 0 Å². The molecule has 1 aliphatic carbocycles. The lowest BCUT2D eigenvalue weighted by Crippen LogP contribution is -2.29. The minimum atomic E-state index is -0.948. The van der Waals surface area contributed by atoms with Crippen LogP contribution in [0.3, 0.4) is 0 Å². The molecule has 3 rings (SSSR count). The molecule has 0 aromatic heterocycles. The van der Waals surface area contributed by atoms with Crippen LogP contribution in [-0.4, -0.2) is 33.9 Å². The Balaban J connectivity index is 1.61. The zero-order valence-corrected chi connectivity index (χ0v) is 17.4. The third-order valence-electron chi connectivity index (χ3n) is 6.24. The summed E-state index contributed by atoms with van der Waals surface area (Å²) in [5.41, 5.74) is 2.14. The van der Waals surface area contributed by atoms with Crippen molar-refractivity contribution < 1.29 is 9.53 Å². The van der Waals surface area contributed by atoms with Gasteiger partial charge in [0.2, 0.25) is 0 Å². The molecule has 0 bridgehead atoms. The zero-order valence-electron chi connectivity index (χ0n) is 16.2. The predicted molar refractivity (Wildman–Crippen MR) is 106 cm³/mol. The molecule has 1 fully saturated rings. The van der Waals surface area contributed by atoms with Crippen molar-refractivity contribution in [2.45, 2.75) is 58.0 Å². The summed E-state index contributed by atoms with van der Waals surface area (Å²) >= 11 is 0. The van der Waals surface area contributed by atoms with Crippen LogP contribution in [0.15, 0.2) is 18.2 Å². The number of piperidine rings is 1. The van der Waals surface area contributed by atoms with E-state index in [-0.39, 0.29) is 5.92 Å². The van der Waals surface area contributed by atoms with Crippen LogP contribution in [0.25, 0.3) is 0 Å². The average molecular weight is 360 g/mol. The molecule has 1 aromatic carbocycles. The molecular formula is C21H33NO2Si. The normalized spacial score (nSPS) is 22.7. The molecule has 1 aliphatic heterocycles. The van der Waals surface area contributed by atoms with Gasteiger partial charge in [-0.05, 0) is 67.4 Å². The van der Waals surface area contributed by atoms with Crippen LogP contribution in [-0.2, 0) is 6.42 Å². The Kier molecular flexibility index (Phi) is 5.69. The van der Waals surface area contributed by atoms with Gasteiger partial charge in [-0.15, -0.1) is 0 Å². The van der Waals surface area contributed by atoms with Crippen LogP contribution < -0.4 is 10.1 Å². The van der Waals surface area contributed by atoms with E-state index in [0.717, 1.165) is 43.5 Å². The highest BCUT2D eigenvalue weighted by molar-refractivity contribution is 6.60. The fraction of sp³-hybridized carbons (Fsp3) is 0.667. The van der Waals surface area contributed by atoms with Gasteiger partial charge in [-0.1, -0.05) is 33.4 Å². The minimum absolute atomic E-state index is 0.191. The molecule has 1 N–H and O–H groups in total. The quantitative estimate of drug-likeness (QED) is 0.808. The second-order valence-corrected chi connectivity index (χ2v) is 13.0. The lowest BCUT2D eigenvalue weighted by molar-refractivity contribution is 0.0912. The van der Waals surface area contributed by atoms with Crippen molar-refractivity contribution in [2.75, 3.05) is 19.3 Å². The maximum absolute atomic E-state index is 12.9. The monoisotopic (exact) mass is 359 g/mol. The van der Waals surface area contributed by atoms with Crippen LogP contribution >= 0.6 is 0 Å². The molecule has 25 heavy (non-hydrogen) atoms. The summed E-state index contributed by atoms with van der Waals surface area (Å²) < 4.78 is 6.05. The molecule has 0 amide bonds. The van der Waals surface area contributed by atoms with Crippen molar-refractivity contribution in [1.29, 1.82) is 0 Å². The summed E-state index contributed by atoms with van der Waals surface area (Å²) in [6.07, 6.45) is 5.23. The summed E-state index contributed by atoms with van der Waals surface area (Å²) in [5.74, 6) is 2.12. The fourth-order valence-electron chi connectivity index (χ4n) is 3.81. The van der Waals surface area contributed by atoms with Crippen molar-refractivity contribution in [3.8, 4) is 5.75 Å². The fourth-order valence-corrected chi connectivity index (χ4v) is 4.75. The Hall–Kier alpha value is -1.13. The van der Waals surface area contributed by atoms with E-state index in [4.69, 9.17) is 4.74 Å². The number of benzene rings is 1. The van der Waals surface area contributed by atoms with Crippen molar-refractivity contribution in [1.82, 2.24) is 5.32 Å². The first kappa shape index (κ1) is 18.7. The summed E-state index contributed by atoms with van der Waals surface area (Å²) in [6.45, 7) is 11.5. The average Bonchev–Trinajstić information content (AvgIpc) is 2.88. The number of nitrogens with one attached hydrogen (secondary N) is 1. The van der Waals surface area contributed by atoms with Gasteiger partial charge in [0.05, 0.1) is 15.0 Å². The van der Waals surface area contributed by atoms with Gasteiger partial charge in [0.25, 0.3) is 0 Å². The molecule has 4 heteroatoms. The molecule has 2 aliphatic rings. The van der Waals surface area contributed by atoms with Crippen molar-refractivity contribution in [3.05, 3.63) is 29.3 Å². The number of rotatable bonds is 5. The summed E-state index contributed by atoms with van der Waals surface area (Å²) in [4.78, 5) is 12.9. The molecule has 2 unspecified atom stereocenters. The molecule has 0 spiro atoms. The van der Waals surface area contributed by atoms with E-state index in [2.05, 4.69) is 44.8 Å². The Bertz CT molecular complexity index is 617. The van der Waals surface area contributed by atoms with Gasteiger partial charge in [0, 0.05) is 11.5 Å². The molecule has 138 valence electrons. The van der Waals surface area contributed by atoms with E-state index in [0.29, 0.717) is 16.7 Å². The molecule has 3 nitrogen and oxygen atoms in total. The maximum atomic E-state index is 12.9. The first-order chi connectivity index (χ1) is 11.8. The smallest absolute Gasteiger partial charge is 0.166 e. The van der Waals surface area contributed by atoms with E-state index in [1.165, 1.54) is 18.4 Å². The van der Waals surface area contributed by atoms with Crippen molar-refractivity contribution >= 4 is 14.6 Å². The van der Waals surface area contributed by atoms with Gasteiger partial charge in [0.15, 0.2) is 5.78 Å². The van der Waals surface area contributed by atoms with Gasteiger partial charge in [0.1, 0.15) is 5.75 Å². The molecular weight excluding hydrogens is 326 g/mol. The van der Waals surface area contributed by atoms with Gasteiger partial charge in [-0.25, -0.2) is 0 Å². The van der Waals surface area contributed by atoms with Crippen LogP contribution in [0.5, 0.6) is 5.75 Å². The van der Waals surface area contributed by atoms with E-state index in [9.17, 15) is 4.79 Å². The Morgan fingerprint density at radius 1 is 1.24 bits per heavy atom. The first-order valence-electron chi connectivity index (χ1n) is 9.85. The van der Waals surface area contributed by atoms with E-state index in [1.807, 2.05) is 6.07 Å². The lowest BCUT2D eigenvalue weighted by atomic mass is 9.86. The van der Waals surface area contributed by atoms with Crippen LogP contribution in [0.4, 0.5) is 0 Å². The number of ether oxygens (including phenoxy) is 1. The van der Waals surface area contributed by atoms with Crippen molar-refractivity contribution in [3.63, 3.8) is 0 Å². The van der Waals surface area contributed by atoms with E-state index < -0.39 is 8.80 Å². The van der Waals surface area contributed by atoms with Gasteiger partial charge in [-0.2, -0.15) is 0 Å². The number of carbonyl (C=O) groups excluding carboxylic acids is 1. The van der Waals surface area contributed by atoms with Crippen LogP contribution in [0, 0.1) is 11.8 Å². The number of carbonyl (C=O) groups is 1. The Morgan fingerprint density at radius 3 is 2.64 bits per heavy atom. The Labute approximate surface area is 154 Å². The van der Waals surface area contributed by atoms with Crippen LogP contribution in [0.2, 0.25) is 11.6 Å². The predicted octanol–water partition coefficient (Wildman–Crippen LogP) is 4.01. The second-order valence-electron chi connectivity index (χ2n) is 9.09. The SMILES string of the molecule is C[SiH](COc1ccc2c(c1)C(=O)C(CC1CCNCC1)C2)C(C)(C)C. The largest absolute Gasteiger partial charge is 0.498 e. The zero-order chi connectivity index (χ0) is 18.0. The second kappa shape index (κ2) is 7.63. The molecule has 0 saturated carbocycles. The third-order valence-corrected chi connectivity index (χ3v) is 9.86. The summed E-state index contributed by atoms with van der Waals surface area (Å²) in [5, 5.41) is 3.78. The standard InChI is InChI=1S/C21H33NO2Si/c1-21(2,3)25(4)14-24-18-6-5-16-12-17(20(23)19(16)13-18)11-15-7-9-22-10-8-15/h5-6,13,15,17,22,25H,7-12,14H2,1-4H3. The molecule has 0 radical (unpaired) electrons. The molecule has 1 heterocycles. The topological polar surface area (TPSA) is 38.3 Å². The number of Topliss-reactive ketones (excluding diaryl/α,β-unsaturated/α-hetero) is 1. The number of hydrogen-bond acceptors (Lipinski definition) is 3. The summed E-state index contributed by atoms with van der Waals surface area (Å²) in [6, 6.07) is 6.18. The third kappa shape index (κ3) is 4.53. The highest BCUT2D eigenvalue weighted by atomic mass is 28.3. The highest BCUT2D eigenvalue weighted by Crippen LogP contribution is 2.35. The number of fused-ring (bicyclic) bond motifs is 1. The number of hydrogen-bond donors (Lipinski definition) is 1. The van der Waals surface area contributed by atoms with Crippen LogP contribution in [0.1, 0.15) is 56.0 Å². The minimum Gasteiger partial charge on any atom is -0.498 e. The van der Waals surface area contributed by atoms with Crippen molar-refractivity contribution in [2.24, 2.45) is 11.8 Å². The summed E-state index contributed by atoms with van der Waals surface area (Å²) in [7, 11) is -0.948. The number of ketones is 1. The van der Waals surface area contributed by atoms with Gasteiger partial charge < -0.3 is 10.1 Å². The first-order valence-corrected chi connectivity index (χ1v) is 12.4. The molecule has 1 saturated heterocycles. The molecule has 2 atom stereocenters. The van der Waals surface area contributed by atoms with E-state index >= 15 is 0 Å². The lowest BCUT2D eigenvalue weighted by Gasteiger charge is -2.25. The van der Waals surface area contributed by atoms with Gasteiger partial charge >= 0.3 is 0 Å². The maximum Gasteiger partial charge on any atom is 0.166 e.